The van der Waals surface area contributed by atoms with Gasteiger partial charge < -0.3 is 15.2 Å². The smallest absolute Gasteiger partial charge is 0.305 e. The number of carboxylic acids is 1. The average molecular weight is 474 g/mol. The fourth-order valence-corrected chi connectivity index (χ4v) is 3.78. The van der Waals surface area contributed by atoms with E-state index in [0.717, 1.165) is 23.3 Å². The molecular weight excluding hydrogens is 438 g/mol. The summed E-state index contributed by atoms with van der Waals surface area (Å²) in [5, 5.41) is 11.3. The van der Waals surface area contributed by atoms with Crippen LogP contribution in [-0.2, 0) is 16.6 Å². The second kappa shape index (κ2) is 11.7. The van der Waals surface area contributed by atoms with E-state index >= 15 is 0 Å². The van der Waals surface area contributed by atoms with E-state index in [1.54, 1.807) is 12.1 Å². The van der Waals surface area contributed by atoms with Crippen LogP contribution in [0.5, 0.6) is 5.75 Å². The summed E-state index contributed by atoms with van der Waals surface area (Å²) < 4.78 is 6.01. The molecule has 0 aliphatic carbocycles. The van der Waals surface area contributed by atoms with Crippen molar-refractivity contribution in [1.82, 2.24) is 5.32 Å². The Morgan fingerprint density at radius 3 is 2.00 bits per heavy atom. The quantitative estimate of drug-likeness (QED) is 0.372. The normalized spacial score (nSPS) is 12.1. The first-order valence-electron chi connectivity index (χ1n) is 12.0. The van der Waals surface area contributed by atoms with Crippen LogP contribution in [0.2, 0.25) is 0 Å². The molecule has 0 aromatic heterocycles. The van der Waals surface area contributed by atoms with Crippen LogP contribution >= 0.6 is 0 Å². The van der Waals surface area contributed by atoms with E-state index in [2.05, 4.69) is 69.4 Å². The fraction of sp³-hybridized carbons (Fsp3) is 0.333. The first-order chi connectivity index (χ1) is 16.6. The Bertz CT molecular complexity index is 1110. The number of carbonyl (C=O) groups excluding carboxylic acids is 1. The molecule has 0 fully saturated rings. The van der Waals surface area contributed by atoms with Crippen molar-refractivity contribution in [3.05, 3.63) is 89.5 Å². The highest BCUT2D eigenvalue weighted by Gasteiger charge is 2.13. The van der Waals surface area contributed by atoms with Crippen LogP contribution < -0.4 is 10.1 Å². The summed E-state index contributed by atoms with van der Waals surface area (Å²) in [7, 11) is 0. The molecule has 35 heavy (non-hydrogen) atoms. The van der Waals surface area contributed by atoms with Gasteiger partial charge in [-0.05, 0) is 64.3 Å². The van der Waals surface area contributed by atoms with Crippen molar-refractivity contribution in [2.24, 2.45) is 5.92 Å². The van der Waals surface area contributed by atoms with E-state index < -0.39 is 5.97 Å². The predicted molar refractivity (Wildman–Crippen MR) is 140 cm³/mol. The Hall–Kier alpha value is -3.60. The minimum Gasteiger partial charge on any atom is -0.493 e. The Labute approximate surface area is 208 Å². The van der Waals surface area contributed by atoms with Gasteiger partial charge in [0.1, 0.15) is 5.75 Å². The molecule has 184 valence electrons. The summed E-state index contributed by atoms with van der Waals surface area (Å²) >= 11 is 0. The van der Waals surface area contributed by atoms with Gasteiger partial charge in [-0.15, -0.1) is 0 Å². The molecule has 1 unspecified atom stereocenters. The van der Waals surface area contributed by atoms with Gasteiger partial charge in [0.2, 0.25) is 0 Å². The second-order valence-corrected chi connectivity index (χ2v) is 10.1. The van der Waals surface area contributed by atoms with Crippen LogP contribution in [0.3, 0.4) is 0 Å². The second-order valence-electron chi connectivity index (χ2n) is 10.1. The number of carbonyl (C=O) groups is 2. The lowest BCUT2D eigenvalue weighted by atomic mass is 9.86. The molecule has 1 amide bonds. The fourth-order valence-electron chi connectivity index (χ4n) is 3.78. The molecule has 0 saturated heterocycles. The average Bonchev–Trinajstić information content (AvgIpc) is 2.83. The van der Waals surface area contributed by atoms with Crippen LogP contribution in [0.1, 0.15) is 55.6 Å². The van der Waals surface area contributed by atoms with Crippen molar-refractivity contribution >= 4 is 11.9 Å². The lowest BCUT2D eigenvalue weighted by molar-refractivity contribution is -0.136. The van der Waals surface area contributed by atoms with Crippen LogP contribution in [-0.4, -0.2) is 30.1 Å². The summed E-state index contributed by atoms with van der Waals surface area (Å²) in [5.41, 5.74) is 5.47. The zero-order valence-electron chi connectivity index (χ0n) is 21.0. The SMILES string of the molecule is CC(COc1ccc(-c2ccc(C(C)(C)C)cc2)cc1)Cc1ccc(C(=O)NCCC(=O)O)cc1. The van der Waals surface area contributed by atoms with E-state index in [9.17, 15) is 9.59 Å². The number of hydrogen-bond acceptors (Lipinski definition) is 3. The zero-order chi connectivity index (χ0) is 25.4. The van der Waals surface area contributed by atoms with Gasteiger partial charge in [0.15, 0.2) is 0 Å². The maximum atomic E-state index is 12.1. The van der Waals surface area contributed by atoms with E-state index in [1.165, 1.54) is 11.1 Å². The van der Waals surface area contributed by atoms with Crippen LogP contribution in [0.4, 0.5) is 0 Å². The first kappa shape index (κ1) is 26.0. The lowest BCUT2D eigenvalue weighted by Gasteiger charge is -2.19. The van der Waals surface area contributed by atoms with E-state index in [0.29, 0.717) is 18.1 Å². The minimum absolute atomic E-state index is 0.0887. The molecule has 0 spiro atoms. The molecule has 3 aromatic carbocycles. The molecule has 0 radical (unpaired) electrons. The van der Waals surface area contributed by atoms with Gasteiger partial charge in [-0.25, -0.2) is 0 Å². The lowest BCUT2D eigenvalue weighted by Crippen LogP contribution is -2.25. The molecule has 0 aliphatic rings. The van der Waals surface area contributed by atoms with Crippen LogP contribution in [0.15, 0.2) is 72.8 Å². The summed E-state index contributed by atoms with van der Waals surface area (Å²) in [5.74, 6) is -0.0448. The number of carboxylic acid groups (broad SMARTS) is 1. The molecule has 3 aromatic rings. The van der Waals surface area contributed by atoms with Crippen molar-refractivity contribution in [1.29, 1.82) is 0 Å². The first-order valence-corrected chi connectivity index (χ1v) is 12.0. The number of ether oxygens (including phenoxy) is 1. The third kappa shape index (κ3) is 7.99. The molecule has 0 aliphatic heterocycles. The molecule has 5 heteroatoms. The number of nitrogens with one attached hydrogen (secondary N) is 1. The number of benzene rings is 3. The van der Waals surface area contributed by atoms with E-state index in [-0.39, 0.29) is 24.3 Å². The standard InChI is InChI=1S/C30H35NO4/c1-21(19-22-5-7-25(8-6-22)29(34)31-18-17-28(32)33)20-35-27-15-11-24(12-16-27)23-9-13-26(14-10-23)30(2,3)4/h5-16,21H,17-20H2,1-4H3,(H,31,34)(H,32,33). The van der Waals surface area contributed by atoms with Crippen molar-refractivity contribution in [3.63, 3.8) is 0 Å². The topological polar surface area (TPSA) is 75.6 Å². The van der Waals surface area contributed by atoms with Gasteiger partial charge in [-0.3, -0.25) is 9.59 Å². The van der Waals surface area contributed by atoms with Gasteiger partial charge >= 0.3 is 5.97 Å². The van der Waals surface area contributed by atoms with Gasteiger partial charge in [-0.2, -0.15) is 0 Å². The highest BCUT2D eigenvalue weighted by molar-refractivity contribution is 5.94. The summed E-state index contributed by atoms with van der Waals surface area (Å²) in [6.45, 7) is 9.51. The molecule has 2 N–H and O–H groups in total. The van der Waals surface area contributed by atoms with Gasteiger partial charge in [0.25, 0.3) is 5.91 Å². The summed E-state index contributed by atoms with van der Waals surface area (Å²) in [6, 6.07) is 24.3. The van der Waals surface area contributed by atoms with Crippen molar-refractivity contribution in [2.75, 3.05) is 13.2 Å². The molecule has 5 nitrogen and oxygen atoms in total. The van der Waals surface area contributed by atoms with E-state index in [1.807, 2.05) is 24.3 Å². The molecule has 0 bridgehead atoms. The monoisotopic (exact) mass is 473 g/mol. The molecule has 0 saturated carbocycles. The minimum atomic E-state index is -0.932. The summed E-state index contributed by atoms with van der Waals surface area (Å²) in [4.78, 5) is 22.6. The van der Waals surface area contributed by atoms with Crippen LogP contribution in [0.25, 0.3) is 11.1 Å². The molecular formula is C30H35NO4. The largest absolute Gasteiger partial charge is 0.493 e. The van der Waals surface area contributed by atoms with Crippen molar-refractivity contribution in [2.45, 2.75) is 46.0 Å². The van der Waals surface area contributed by atoms with Gasteiger partial charge in [0, 0.05) is 12.1 Å². The number of aliphatic carboxylic acids is 1. The van der Waals surface area contributed by atoms with Gasteiger partial charge in [0.05, 0.1) is 13.0 Å². The zero-order valence-corrected chi connectivity index (χ0v) is 21.0. The third-order valence-corrected chi connectivity index (χ3v) is 5.90. The predicted octanol–water partition coefficient (Wildman–Crippen LogP) is 6.11. The molecule has 1 atom stereocenters. The van der Waals surface area contributed by atoms with Crippen molar-refractivity contribution in [3.8, 4) is 16.9 Å². The Morgan fingerprint density at radius 2 is 1.46 bits per heavy atom. The Balaban J connectivity index is 1.47. The highest BCUT2D eigenvalue weighted by Crippen LogP contribution is 2.27. The summed E-state index contributed by atoms with van der Waals surface area (Å²) in [6.07, 6.45) is 0.744. The number of amides is 1. The van der Waals surface area contributed by atoms with Crippen LogP contribution in [0, 0.1) is 5.92 Å². The maximum absolute atomic E-state index is 12.1. The van der Waals surface area contributed by atoms with Gasteiger partial charge in [-0.1, -0.05) is 76.2 Å². The highest BCUT2D eigenvalue weighted by atomic mass is 16.5. The number of hydrogen-bond donors (Lipinski definition) is 2. The molecule has 0 heterocycles. The molecule has 3 rings (SSSR count). The Morgan fingerprint density at radius 1 is 0.886 bits per heavy atom. The van der Waals surface area contributed by atoms with E-state index in [4.69, 9.17) is 9.84 Å². The third-order valence-electron chi connectivity index (χ3n) is 5.90. The number of rotatable bonds is 10. The maximum Gasteiger partial charge on any atom is 0.305 e. The van der Waals surface area contributed by atoms with Crippen molar-refractivity contribution < 1.29 is 19.4 Å². The Kier molecular flexibility index (Phi) is 8.69.